The van der Waals surface area contributed by atoms with Gasteiger partial charge in [0.2, 0.25) is 76.8 Å². The molecule has 598 valence electrons. The summed E-state index contributed by atoms with van der Waals surface area (Å²) in [5.41, 5.74) is 0.329. The number of nitrogens with zero attached hydrogens (tertiary/aromatic N) is 7. The fourth-order valence-electron chi connectivity index (χ4n) is 13.4. The number of likely N-dealkylation sites (tertiary alicyclic amines) is 1. The molecule has 2 heterocycles. The van der Waals surface area contributed by atoms with Gasteiger partial charge >= 0.3 is 0 Å². The van der Waals surface area contributed by atoms with Crippen molar-refractivity contribution in [1.29, 1.82) is 0 Å². The summed E-state index contributed by atoms with van der Waals surface area (Å²) in [7, 11) is 8.36. The summed E-state index contributed by atoms with van der Waals surface area (Å²) in [6, 6.07) is 0.855. The number of nitrogens with one attached hydrogen (secondary N) is 6. The quantitative estimate of drug-likeness (QED) is 0.118. The van der Waals surface area contributed by atoms with Crippen molar-refractivity contribution in [2.24, 2.45) is 29.6 Å². The van der Waals surface area contributed by atoms with E-state index >= 15 is 24.0 Å². The number of amides is 13. The standard InChI is InChI=1S/C79H127N13O15/c1-23-50(10)66-71(99)80-51(11)72(100)87(18)60(40-47(4)5)69(97)85-65(53(13)93)70(98)82-56(42-54-33-27-24-28-34-54)73(101)90(21)62(43-55-35-29-25-30-36-55)77(105)88(19)59(39-46(2)3)68(96)83-58(45-107-79(14,15)16)74(102)89(20)61(41-48(6)7)76(104)86(17)52(12)67(95)81-57(75(103)92-37-31-26-32-38-92)44-63(94)84-64(49(8)9)78(106)91(66)22/h24-25,27-30,33-36,46-53,56-62,64-66,93H,23,26,31-32,37-45H2,1-22H3,(H,80,99)(H,81,95)(H,82,98)(H,83,96)(H,84,94)(H,85,97)/t50-,51-,52-,53+,56-,57-,58-,59-,60-,61-,62-,64+,65-,66-/m0/s1. The molecule has 7 N–H and O–H groups in total. The number of benzene rings is 2. The molecule has 0 aromatic heterocycles. The van der Waals surface area contributed by atoms with Gasteiger partial charge in [0.15, 0.2) is 0 Å². The molecule has 0 saturated carbocycles. The highest BCUT2D eigenvalue weighted by Crippen LogP contribution is 2.24. The van der Waals surface area contributed by atoms with Crippen LogP contribution in [0.2, 0.25) is 0 Å². The Hall–Kier alpha value is -8.53. The first-order chi connectivity index (χ1) is 49.9. The summed E-state index contributed by atoms with van der Waals surface area (Å²) >= 11 is 0. The second-order valence-corrected chi connectivity index (χ2v) is 32.0. The van der Waals surface area contributed by atoms with Crippen molar-refractivity contribution in [2.75, 3.05) is 62.0 Å². The first-order valence-electron chi connectivity index (χ1n) is 38.0. The van der Waals surface area contributed by atoms with E-state index in [0.717, 1.165) is 16.2 Å². The maximum absolute atomic E-state index is 15.7. The molecule has 2 aliphatic rings. The van der Waals surface area contributed by atoms with Gasteiger partial charge in [-0.2, -0.15) is 0 Å². The van der Waals surface area contributed by atoms with Crippen LogP contribution in [0.25, 0.3) is 0 Å². The highest BCUT2D eigenvalue weighted by molar-refractivity contribution is 6.01. The van der Waals surface area contributed by atoms with Crippen LogP contribution in [0, 0.1) is 29.6 Å². The van der Waals surface area contributed by atoms with E-state index in [-0.39, 0.29) is 49.9 Å². The zero-order valence-corrected chi connectivity index (χ0v) is 67.7. The summed E-state index contributed by atoms with van der Waals surface area (Å²) < 4.78 is 6.23. The maximum atomic E-state index is 15.7. The van der Waals surface area contributed by atoms with Crippen molar-refractivity contribution in [3.05, 3.63) is 71.8 Å². The van der Waals surface area contributed by atoms with Crippen LogP contribution in [-0.2, 0) is 79.9 Å². The second kappa shape index (κ2) is 41.7. The van der Waals surface area contributed by atoms with E-state index < -0.39 is 186 Å². The molecule has 0 radical (unpaired) electrons. The van der Waals surface area contributed by atoms with Gasteiger partial charge in [0.1, 0.15) is 72.5 Å². The molecule has 13 amide bonds. The first-order valence-corrected chi connectivity index (χ1v) is 38.0. The lowest BCUT2D eigenvalue weighted by Crippen LogP contribution is -2.63. The van der Waals surface area contributed by atoms with Gasteiger partial charge in [-0.3, -0.25) is 62.3 Å². The summed E-state index contributed by atoms with van der Waals surface area (Å²) in [5, 5.41) is 28.0. The minimum Gasteiger partial charge on any atom is -0.391 e. The molecule has 2 fully saturated rings. The van der Waals surface area contributed by atoms with Gasteiger partial charge in [-0.25, -0.2) is 0 Å². The zero-order valence-electron chi connectivity index (χ0n) is 67.7. The van der Waals surface area contributed by atoms with Crippen LogP contribution in [0.5, 0.6) is 0 Å². The summed E-state index contributed by atoms with van der Waals surface area (Å²) in [6.45, 7) is 27.6. The molecule has 2 aliphatic heterocycles. The lowest BCUT2D eigenvalue weighted by atomic mass is 9.94. The van der Waals surface area contributed by atoms with Crippen LogP contribution in [0.4, 0.5) is 0 Å². The molecule has 28 heteroatoms. The third-order valence-corrected chi connectivity index (χ3v) is 20.2. The summed E-state index contributed by atoms with van der Waals surface area (Å²) in [5.74, 6) is -11.8. The SMILES string of the molecule is CC[C@H](C)[C@H]1C(=O)N[C@@H](C)C(=O)N(C)[C@@H](CC(C)C)C(=O)N[C@@H]([C@@H](C)O)C(=O)N[C@@H](Cc2ccccc2)C(=O)N(C)[C@@H](Cc2ccccc2)C(=O)N(C)[C@@H](CC(C)C)C(=O)N[C@@H](COC(C)(C)C)C(=O)N(C)[C@@H](CC(C)C)C(=O)N(C)[C@@H](C)C(=O)N[C@H](C(=O)N2CCCCC2)CC(=O)N[C@H](C(C)C)C(=O)N1C. The van der Waals surface area contributed by atoms with Crippen LogP contribution in [-0.4, -0.2) is 262 Å². The Morgan fingerprint density at radius 3 is 1.44 bits per heavy atom. The third-order valence-electron chi connectivity index (χ3n) is 20.2. The van der Waals surface area contributed by atoms with Gasteiger partial charge in [-0.1, -0.05) is 136 Å². The van der Waals surface area contributed by atoms with Crippen LogP contribution in [0.1, 0.15) is 173 Å². The number of carbonyl (C=O) groups excluding carboxylic acids is 13. The minimum absolute atomic E-state index is 0.0281. The van der Waals surface area contributed by atoms with Gasteiger partial charge in [0, 0.05) is 68.2 Å². The number of likely N-dealkylation sites (N-methyl/N-ethyl adjacent to an activating group) is 6. The largest absolute Gasteiger partial charge is 0.391 e. The van der Waals surface area contributed by atoms with Crippen molar-refractivity contribution in [3.63, 3.8) is 0 Å². The molecule has 28 nitrogen and oxygen atoms in total. The smallest absolute Gasteiger partial charge is 0.247 e. The Morgan fingerprint density at radius 2 is 0.944 bits per heavy atom. The number of aliphatic hydroxyl groups excluding tert-OH is 1. The Kier molecular flexibility index (Phi) is 35.4. The number of ether oxygens (including phenoxy) is 1. The van der Waals surface area contributed by atoms with E-state index in [9.17, 15) is 43.5 Å². The number of rotatable bonds is 17. The molecular formula is C79H127N13O15. The topological polar surface area (TPSA) is 346 Å². The van der Waals surface area contributed by atoms with Gasteiger partial charge in [-0.15, -0.1) is 0 Å². The molecule has 107 heavy (non-hydrogen) atoms. The molecule has 0 aliphatic carbocycles. The van der Waals surface area contributed by atoms with Crippen molar-refractivity contribution < 1.29 is 72.2 Å². The number of hydrogen-bond donors (Lipinski definition) is 7. The molecule has 2 aromatic rings. The Morgan fingerprint density at radius 1 is 0.486 bits per heavy atom. The lowest BCUT2D eigenvalue weighted by molar-refractivity contribution is -0.152. The molecule has 0 unspecified atom stereocenters. The van der Waals surface area contributed by atoms with E-state index in [4.69, 9.17) is 4.74 Å². The molecule has 0 spiro atoms. The van der Waals surface area contributed by atoms with Gasteiger partial charge in [0.05, 0.1) is 24.7 Å². The molecule has 2 saturated heterocycles. The molecule has 14 atom stereocenters. The molecular weight excluding hydrogens is 1370 g/mol. The van der Waals surface area contributed by atoms with Crippen LogP contribution in [0.15, 0.2) is 60.7 Å². The van der Waals surface area contributed by atoms with E-state index in [1.807, 2.05) is 48.5 Å². The number of hydrogen-bond acceptors (Lipinski definition) is 15. The average Bonchev–Trinajstić information content (AvgIpc) is 0.809. The second-order valence-electron chi connectivity index (χ2n) is 32.0. The highest BCUT2D eigenvalue weighted by Gasteiger charge is 2.45. The van der Waals surface area contributed by atoms with E-state index in [0.29, 0.717) is 43.5 Å². The number of carbonyl (C=O) groups is 13. The van der Waals surface area contributed by atoms with Crippen LogP contribution < -0.4 is 31.9 Å². The lowest BCUT2D eigenvalue weighted by Gasteiger charge is -2.38. The van der Waals surface area contributed by atoms with Crippen molar-refractivity contribution in [3.8, 4) is 0 Å². The van der Waals surface area contributed by atoms with Crippen molar-refractivity contribution >= 4 is 76.8 Å². The number of aliphatic hydroxyl groups is 1. The van der Waals surface area contributed by atoms with E-state index in [2.05, 4.69) is 31.9 Å². The fraction of sp³-hybridized carbons (Fsp3) is 0.684. The maximum Gasteiger partial charge on any atom is 0.247 e. The van der Waals surface area contributed by atoms with Gasteiger partial charge in [0.25, 0.3) is 0 Å². The number of piperidine rings is 1. The fourth-order valence-corrected chi connectivity index (χ4v) is 13.4. The van der Waals surface area contributed by atoms with Crippen molar-refractivity contribution in [2.45, 2.75) is 259 Å². The molecule has 0 bridgehead atoms. The summed E-state index contributed by atoms with van der Waals surface area (Å²) in [4.78, 5) is 203. The Balaban J connectivity index is 1.99. The molecule has 2 aromatic carbocycles. The van der Waals surface area contributed by atoms with E-state index in [1.54, 1.807) is 107 Å². The minimum atomic E-state index is -1.75. The zero-order chi connectivity index (χ0) is 80.8. The van der Waals surface area contributed by atoms with Crippen LogP contribution >= 0.6 is 0 Å². The predicted octanol–water partition coefficient (Wildman–Crippen LogP) is 3.83. The normalized spacial score (nSPS) is 26.3. The predicted molar refractivity (Wildman–Crippen MR) is 408 cm³/mol. The third kappa shape index (κ3) is 26.4. The monoisotopic (exact) mass is 1500 g/mol. The first kappa shape index (κ1) is 90.9. The van der Waals surface area contributed by atoms with E-state index in [1.165, 1.54) is 82.7 Å². The van der Waals surface area contributed by atoms with Gasteiger partial charge in [-0.05, 0) is 121 Å². The van der Waals surface area contributed by atoms with Crippen LogP contribution in [0.3, 0.4) is 0 Å². The van der Waals surface area contributed by atoms with Gasteiger partial charge < -0.3 is 76.0 Å². The average molecular weight is 1500 g/mol. The Labute approximate surface area is 635 Å². The molecule has 4 rings (SSSR count). The highest BCUT2D eigenvalue weighted by atomic mass is 16.5. The summed E-state index contributed by atoms with van der Waals surface area (Å²) in [6.07, 6.45) is 0.181. The van der Waals surface area contributed by atoms with Crippen molar-refractivity contribution in [1.82, 2.24) is 66.2 Å². The Bertz CT molecular complexity index is 3340.